The van der Waals surface area contributed by atoms with E-state index in [0.717, 1.165) is 28.8 Å². The first kappa shape index (κ1) is 15.0. The molecule has 0 radical (unpaired) electrons. The monoisotopic (exact) mass is 312 g/mol. The van der Waals surface area contributed by atoms with Crippen molar-refractivity contribution in [2.45, 2.75) is 0 Å². The number of methoxy groups -OCH3 is 1. The van der Waals surface area contributed by atoms with E-state index in [1.54, 1.807) is 25.6 Å². The van der Waals surface area contributed by atoms with Gasteiger partial charge in [-0.2, -0.15) is 0 Å². The minimum atomic E-state index is -0.982. The van der Waals surface area contributed by atoms with Gasteiger partial charge in [0.2, 0.25) is 0 Å². The molecule has 7 heteroatoms. The highest BCUT2D eigenvalue weighted by molar-refractivity contribution is 5.91. The lowest BCUT2D eigenvalue weighted by Gasteiger charge is -2.36. The fourth-order valence-corrected chi connectivity index (χ4v) is 2.55. The Bertz CT molecular complexity index is 776. The molecule has 0 bridgehead atoms. The molecule has 0 amide bonds. The zero-order valence-corrected chi connectivity index (χ0v) is 12.8. The average molecular weight is 312 g/mol. The van der Waals surface area contributed by atoms with Crippen LogP contribution in [0, 0.1) is 0 Å². The molecule has 0 fully saturated rings. The fourth-order valence-electron chi connectivity index (χ4n) is 2.55. The van der Waals surface area contributed by atoms with Crippen LogP contribution in [-0.2, 0) is 9.53 Å². The molecule has 1 aromatic heterocycles. The lowest BCUT2D eigenvalue weighted by molar-refractivity contribution is -0.131. The van der Waals surface area contributed by atoms with E-state index in [0.29, 0.717) is 12.5 Å². The molecule has 1 aromatic carbocycles. The largest absolute Gasteiger partial charge is 0.478 e. The molecular weight excluding hydrogens is 296 g/mol. The number of rotatable bonds is 4. The quantitative estimate of drug-likeness (QED) is 0.868. The van der Waals surface area contributed by atoms with Crippen LogP contribution in [0.25, 0.3) is 6.08 Å². The van der Waals surface area contributed by atoms with Gasteiger partial charge in [0.15, 0.2) is 11.6 Å². The van der Waals surface area contributed by atoms with Crippen molar-refractivity contribution in [3.05, 3.63) is 42.2 Å². The Morgan fingerprint density at radius 1 is 1.26 bits per heavy atom. The Morgan fingerprint density at radius 3 is 2.70 bits per heavy atom. The lowest BCUT2D eigenvalue weighted by atomic mass is 10.1. The number of carboxylic acids is 1. The van der Waals surface area contributed by atoms with E-state index in [1.165, 1.54) is 0 Å². The number of carboxylic acid groups (broad SMARTS) is 1. The summed E-state index contributed by atoms with van der Waals surface area (Å²) < 4.78 is 5.30. The Hall–Kier alpha value is -2.93. The first-order valence-corrected chi connectivity index (χ1v) is 6.98. The summed E-state index contributed by atoms with van der Waals surface area (Å²) >= 11 is 0. The van der Waals surface area contributed by atoms with Gasteiger partial charge in [-0.15, -0.1) is 0 Å². The molecule has 1 aliphatic rings. The van der Waals surface area contributed by atoms with Gasteiger partial charge in [-0.25, -0.2) is 14.8 Å². The van der Waals surface area contributed by atoms with Gasteiger partial charge in [0.25, 0.3) is 0 Å². The maximum absolute atomic E-state index is 10.7. The number of fused-ring (bicyclic) bond motifs is 2. The number of benzene rings is 1. The molecule has 0 atom stereocenters. The van der Waals surface area contributed by atoms with Crippen LogP contribution in [0.15, 0.2) is 36.7 Å². The maximum Gasteiger partial charge on any atom is 0.328 e. The van der Waals surface area contributed by atoms with Crippen LogP contribution in [-0.4, -0.2) is 41.9 Å². The molecule has 1 aliphatic heterocycles. The van der Waals surface area contributed by atoms with Crippen LogP contribution in [0.4, 0.5) is 23.0 Å². The van der Waals surface area contributed by atoms with Crippen molar-refractivity contribution in [1.29, 1.82) is 0 Å². The van der Waals surface area contributed by atoms with E-state index in [2.05, 4.69) is 9.97 Å². The second-order valence-corrected chi connectivity index (χ2v) is 5.03. The van der Waals surface area contributed by atoms with Crippen molar-refractivity contribution >= 4 is 35.1 Å². The number of aromatic nitrogens is 2. The molecule has 0 unspecified atom stereocenters. The highest BCUT2D eigenvalue weighted by atomic mass is 16.5. The van der Waals surface area contributed by atoms with Gasteiger partial charge in [-0.05, 0) is 23.8 Å². The van der Waals surface area contributed by atoms with Crippen molar-refractivity contribution in [2.75, 3.05) is 30.7 Å². The van der Waals surface area contributed by atoms with Crippen molar-refractivity contribution in [2.24, 2.45) is 0 Å². The summed E-state index contributed by atoms with van der Waals surface area (Å²) in [5.41, 5.74) is 2.62. The normalized spacial score (nSPS) is 13.1. The van der Waals surface area contributed by atoms with Gasteiger partial charge in [0.1, 0.15) is 6.73 Å². The standard InChI is InChI=1S/C16H16N4O3/c1-19-12-5-3-11(4-6-14(21)22)9-13(12)20(10-23-2)16-15(19)17-7-8-18-16/h3-9H,10H2,1-2H3,(H,21,22)/b6-4+. The van der Waals surface area contributed by atoms with Gasteiger partial charge in [-0.1, -0.05) is 6.07 Å². The Balaban J connectivity index is 2.11. The summed E-state index contributed by atoms with van der Waals surface area (Å²) in [6.45, 7) is 0.318. The minimum Gasteiger partial charge on any atom is -0.478 e. The predicted molar refractivity (Wildman–Crippen MR) is 87.2 cm³/mol. The van der Waals surface area contributed by atoms with Crippen molar-refractivity contribution in [1.82, 2.24) is 9.97 Å². The third-order valence-electron chi connectivity index (χ3n) is 3.56. The van der Waals surface area contributed by atoms with Crippen LogP contribution >= 0.6 is 0 Å². The van der Waals surface area contributed by atoms with Gasteiger partial charge in [0.05, 0.1) is 11.4 Å². The fraction of sp³-hybridized carbons (Fsp3) is 0.188. The summed E-state index contributed by atoms with van der Waals surface area (Å²) in [6, 6.07) is 5.69. The topological polar surface area (TPSA) is 78.8 Å². The van der Waals surface area contributed by atoms with E-state index in [4.69, 9.17) is 9.84 Å². The molecule has 0 saturated carbocycles. The second-order valence-electron chi connectivity index (χ2n) is 5.03. The number of carbonyl (C=O) groups is 1. The van der Waals surface area contributed by atoms with Crippen LogP contribution < -0.4 is 9.80 Å². The summed E-state index contributed by atoms with van der Waals surface area (Å²) in [5, 5.41) is 8.78. The van der Waals surface area contributed by atoms with Crippen LogP contribution in [0.5, 0.6) is 0 Å². The van der Waals surface area contributed by atoms with E-state index in [9.17, 15) is 4.79 Å². The van der Waals surface area contributed by atoms with E-state index in [-0.39, 0.29) is 0 Å². The minimum absolute atomic E-state index is 0.318. The Labute approximate surface area is 133 Å². The molecule has 0 saturated heterocycles. The third kappa shape index (κ3) is 2.74. The highest BCUT2D eigenvalue weighted by Gasteiger charge is 2.28. The molecule has 2 aromatic rings. The number of aliphatic carboxylic acids is 1. The molecule has 3 rings (SSSR count). The molecule has 23 heavy (non-hydrogen) atoms. The molecular formula is C16H16N4O3. The van der Waals surface area contributed by atoms with Gasteiger partial charge in [0, 0.05) is 32.6 Å². The zero-order valence-electron chi connectivity index (χ0n) is 12.8. The lowest BCUT2D eigenvalue weighted by Crippen LogP contribution is -2.30. The first-order chi connectivity index (χ1) is 11.1. The van der Waals surface area contributed by atoms with E-state index >= 15 is 0 Å². The second kappa shape index (κ2) is 6.05. The van der Waals surface area contributed by atoms with Crippen molar-refractivity contribution in [3.8, 4) is 0 Å². The highest BCUT2D eigenvalue weighted by Crippen LogP contribution is 2.44. The molecule has 0 aliphatic carbocycles. The van der Waals surface area contributed by atoms with Crippen LogP contribution in [0.3, 0.4) is 0 Å². The third-order valence-corrected chi connectivity index (χ3v) is 3.56. The van der Waals surface area contributed by atoms with Gasteiger partial charge < -0.3 is 14.7 Å². The van der Waals surface area contributed by atoms with Gasteiger partial charge in [-0.3, -0.25) is 4.90 Å². The number of ether oxygens (including phenoxy) is 1. The maximum atomic E-state index is 10.7. The summed E-state index contributed by atoms with van der Waals surface area (Å²) in [4.78, 5) is 23.4. The molecule has 7 nitrogen and oxygen atoms in total. The zero-order chi connectivity index (χ0) is 16.4. The van der Waals surface area contributed by atoms with E-state index in [1.807, 2.05) is 35.0 Å². The van der Waals surface area contributed by atoms with Crippen LogP contribution in [0.2, 0.25) is 0 Å². The molecule has 118 valence electrons. The average Bonchev–Trinajstić information content (AvgIpc) is 2.56. The van der Waals surface area contributed by atoms with Crippen molar-refractivity contribution in [3.63, 3.8) is 0 Å². The van der Waals surface area contributed by atoms with E-state index < -0.39 is 5.97 Å². The first-order valence-electron chi connectivity index (χ1n) is 6.98. The summed E-state index contributed by atoms with van der Waals surface area (Å²) in [5.74, 6) is 0.458. The molecule has 1 N–H and O–H groups in total. The Morgan fingerprint density at radius 2 is 2.00 bits per heavy atom. The molecule has 2 heterocycles. The van der Waals surface area contributed by atoms with Crippen molar-refractivity contribution < 1.29 is 14.6 Å². The number of hydrogen-bond acceptors (Lipinski definition) is 6. The van der Waals surface area contributed by atoms with Gasteiger partial charge >= 0.3 is 5.97 Å². The molecule has 0 spiro atoms. The summed E-state index contributed by atoms with van der Waals surface area (Å²) in [7, 11) is 3.53. The summed E-state index contributed by atoms with van der Waals surface area (Å²) in [6.07, 6.45) is 5.95. The number of anilines is 4. The number of nitrogens with zero attached hydrogens (tertiary/aromatic N) is 4. The number of hydrogen-bond donors (Lipinski definition) is 1. The smallest absolute Gasteiger partial charge is 0.328 e. The predicted octanol–water partition coefficient (Wildman–Crippen LogP) is 2.40. The SMILES string of the molecule is COCN1c2cc(/C=C/C(=O)O)ccc2N(C)c2nccnc21. The Kier molecular flexibility index (Phi) is 3.94. The van der Waals surface area contributed by atoms with Crippen LogP contribution in [0.1, 0.15) is 5.56 Å².